The molecule has 0 atom stereocenters. The van der Waals surface area contributed by atoms with Crippen molar-refractivity contribution in [3.63, 3.8) is 0 Å². The molecule has 0 radical (unpaired) electrons. The third kappa shape index (κ3) is 3.03. The van der Waals surface area contributed by atoms with Gasteiger partial charge < -0.3 is 5.73 Å². The van der Waals surface area contributed by atoms with Crippen LogP contribution in [0.1, 0.15) is 32.1 Å². The fourth-order valence-corrected chi connectivity index (χ4v) is 1.92. The summed E-state index contributed by atoms with van der Waals surface area (Å²) in [5, 5.41) is 10.2. The molecule has 0 bridgehead atoms. The van der Waals surface area contributed by atoms with Crippen molar-refractivity contribution < 1.29 is 0 Å². The van der Waals surface area contributed by atoms with Crippen molar-refractivity contribution in [2.24, 2.45) is 5.73 Å². The first-order valence-corrected chi connectivity index (χ1v) is 5.87. The summed E-state index contributed by atoms with van der Waals surface area (Å²) in [4.78, 5) is 0. The van der Waals surface area contributed by atoms with E-state index in [1.165, 1.54) is 32.1 Å². The van der Waals surface area contributed by atoms with E-state index in [-0.39, 0.29) is 0 Å². The highest BCUT2D eigenvalue weighted by molar-refractivity contribution is 5.72. The molecule has 4 nitrogen and oxygen atoms in total. The second-order valence-corrected chi connectivity index (χ2v) is 4.23. The van der Waals surface area contributed by atoms with Crippen LogP contribution in [0.3, 0.4) is 0 Å². The standard InChI is InChI=1S/C6H5N3.C6H13N/c1-2-4-6-5(3-1)7-9-8-6;7-6-4-2-1-3-5-6/h1-4H,(H,7,8,9);6H,1-5,7H2. The molecule has 0 aliphatic heterocycles. The van der Waals surface area contributed by atoms with E-state index in [0.717, 1.165) is 11.0 Å². The lowest BCUT2D eigenvalue weighted by Gasteiger charge is -2.15. The number of aromatic amines is 1. The fraction of sp³-hybridized carbons (Fsp3) is 0.500. The van der Waals surface area contributed by atoms with E-state index in [2.05, 4.69) is 15.4 Å². The predicted molar refractivity (Wildman–Crippen MR) is 64.9 cm³/mol. The van der Waals surface area contributed by atoms with Crippen LogP contribution in [0.2, 0.25) is 0 Å². The Morgan fingerprint density at radius 2 is 1.88 bits per heavy atom. The molecule has 0 unspecified atom stereocenters. The highest BCUT2D eigenvalue weighted by Crippen LogP contribution is 2.14. The average molecular weight is 218 g/mol. The number of para-hydroxylation sites is 1. The molecule has 1 aromatic carbocycles. The number of H-pyrrole nitrogens is 1. The van der Waals surface area contributed by atoms with E-state index in [1.807, 2.05) is 24.3 Å². The van der Waals surface area contributed by atoms with E-state index in [4.69, 9.17) is 5.73 Å². The summed E-state index contributed by atoms with van der Waals surface area (Å²) >= 11 is 0. The van der Waals surface area contributed by atoms with E-state index in [9.17, 15) is 0 Å². The molecule has 1 aromatic heterocycles. The van der Waals surface area contributed by atoms with Crippen LogP contribution >= 0.6 is 0 Å². The van der Waals surface area contributed by atoms with E-state index >= 15 is 0 Å². The molecule has 0 saturated heterocycles. The van der Waals surface area contributed by atoms with Crippen LogP contribution in [0.15, 0.2) is 24.3 Å². The minimum atomic E-state index is 0.536. The van der Waals surface area contributed by atoms with Gasteiger partial charge in [0.2, 0.25) is 0 Å². The molecule has 1 fully saturated rings. The molecule has 0 spiro atoms. The van der Waals surface area contributed by atoms with Crippen molar-refractivity contribution in [1.29, 1.82) is 0 Å². The maximum Gasteiger partial charge on any atom is 0.112 e. The number of aromatic nitrogens is 3. The molecule has 1 aliphatic rings. The number of hydrogen-bond donors (Lipinski definition) is 2. The largest absolute Gasteiger partial charge is 0.328 e. The van der Waals surface area contributed by atoms with Crippen LogP contribution in [-0.2, 0) is 0 Å². The normalized spacial score (nSPS) is 16.8. The Morgan fingerprint density at radius 1 is 1.12 bits per heavy atom. The molecular formula is C12H18N4. The Labute approximate surface area is 95.2 Å². The van der Waals surface area contributed by atoms with Gasteiger partial charge in [0.1, 0.15) is 5.52 Å². The molecule has 86 valence electrons. The van der Waals surface area contributed by atoms with Gasteiger partial charge in [0, 0.05) is 6.04 Å². The van der Waals surface area contributed by atoms with Gasteiger partial charge in [-0.25, -0.2) is 0 Å². The Morgan fingerprint density at radius 3 is 2.50 bits per heavy atom. The Balaban J connectivity index is 0.000000125. The second-order valence-electron chi connectivity index (χ2n) is 4.23. The van der Waals surface area contributed by atoms with Gasteiger partial charge in [-0.2, -0.15) is 0 Å². The minimum Gasteiger partial charge on any atom is -0.328 e. The third-order valence-corrected chi connectivity index (χ3v) is 2.88. The summed E-state index contributed by atoms with van der Waals surface area (Å²) in [7, 11) is 0. The van der Waals surface area contributed by atoms with Crippen molar-refractivity contribution in [2.45, 2.75) is 38.1 Å². The number of fused-ring (bicyclic) bond motifs is 1. The Hall–Kier alpha value is -1.42. The van der Waals surface area contributed by atoms with Crippen molar-refractivity contribution in [3.05, 3.63) is 24.3 Å². The predicted octanol–water partition coefficient (Wildman–Crippen LogP) is 2.24. The van der Waals surface area contributed by atoms with Crippen LogP contribution in [0.5, 0.6) is 0 Å². The van der Waals surface area contributed by atoms with Crippen LogP contribution in [0, 0.1) is 0 Å². The minimum absolute atomic E-state index is 0.536. The zero-order valence-corrected chi connectivity index (χ0v) is 9.39. The Kier molecular flexibility index (Phi) is 3.88. The quantitative estimate of drug-likeness (QED) is 0.712. The van der Waals surface area contributed by atoms with E-state index in [0.29, 0.717) is 6.04 Å². The van der Waals surface area contributed by atoms with E-state index < -0.39 is 0 Å². The fourth-order valence-electron chi connectivity index (χ4n) is 1.92. The van der Waals surface area contributed by atoms with Gasteiger partial charge in [-0.3, -0.25) is 5.10 Å². The molecule has 3 N–H and O–H groups in total. The van der Waals surface area contributed by atoms with Gasteiger partial charge in [-0.05, 0) is 25.0 Å². The number of nitrogens with one attached hydrogen (secondary N) is 1. The zero-order chi connectivity index (χ0) is 11.2. The lowest BCUT2D eigenvalue weighted by molar-refractivity contribution is 0.441. The number of benzene rings is 1. The summed E-state index contributed by atoms with van der Waals surface area (Å²) in [6, 6.07) is 8.27. The average Bonchev–Trinajstić information content (AvgIpc) is 2.79. The first-order chi connectivity index (χ1) is 7.86. The van der Waals surface area contributed by atoms with Gasteiger partial charge in [0.15, 0.2) is 0 Å². The number of rotatable bonds is 0. The van der Waals surface area contributed by atoms with Crippen LogP contribution < -0.4 is 5.73 Å². The summed E-state index contributed by atoms with van der Waals surface area (Å²) in [5.74, 6) is 0. The van der Waals surface area contributed by atoms with Gasteiger partial charge in [-0.15, -0.1) is 5.10 Å². The molecule has 1 aliphatic carbocycles. The summed E-state index contributed by atoms with van der Waals surface area (Å²) in [6.07, 6.45) is 6.66. The number of nitrogens with zero attached hydrogens (tertiary/aromatic N) is 2. The van der Waals surface area contributed by atoms with Crippen LogP contribution in [0.25, 0.3) is 11.0 Å². The van der Waals surface area contributed by atoms with Crippen molar-refractivity contribution >= 4 is 11.0 Å². The van der Waals surface area contributed by atoms with Crippen molar-refractivity contribution in [2.75, 3.05) is 0 Å². The molecule has 1 heterocycles. The maximum absolute atomic E-state index is 5.63. The summed E-state index contributed by atoms with van der Waals surface area (Å²) in [5.41, 5.74) is 7.53. The van der Waals surface area contributed by atoms with E-state index in [1.54, 1.807) is 0 Å². The Bertz CT molecular complexity index is 387. The molecule has 0 amide bonds. The van der Waals surface area contributed by atoms with Gasteiger partial charge in [0.25, 0.3) is 0 Å². The molecule has 4 heteroatoms. The smallest absolute Gasteiger partial charge is 0.112 e. The number of nitrogens with two attached hydrogens (primary N) is 1. The maximum atomic E-state index is 5.63. The van der Waals surface area contributed by atoms with Gasteiger partial charge >= 0.3 is 0 Å². The molecule has 2 aromatic rings. The molecular weight excluding hydrogens is 200 g/mol. The third-order valence-electron chi connectivity index (χ3n) is 2.88. The highest BCUT2D eigenvalue weighted by Gasteiger charge is 2.06. The van der Waals surface area contributed by atoms with Crippen LogP contribution in [-0.4, -0.2) is 21.5 Å². The topological polar surface area (TPSA) is 67.6 Å². The van der Waals surface area contributed by atoms with Gasteiger partial charge in [0.05, 0.1) is 5.52 Å². The first-order valence-electron chi connectivity index (χ1n) is 5.87. The summed E-state index contributed by atoms with van der Waals surface area (Å²) < 4.78 is 0. The molecule has 3 rings (SSSR count). The lowest BCUT2D eigenvalue weighted by Crippen LogP contribution is -2.22. The molecule has 16 heavy (non-hydrogen) atoms. The second kappa shape index (κ2) is 5.61. The summed E-state index contributed by atoms with van der Waals surface area (Å²) in [6.45, 7) is 0. The zero-order valence-electron chi connectivity index (χ0n) is 9.39. The van der Waals surface area contributed by atoms with Crippen LogP contribution in [0.4, 0.5) is 0 Å². The van der Waals surface area contributed by atoms with Gasteiger partial charge in [-0.1, -0.05) is 36.6 Å². The monoisotopic (exact) mass is 218 g/mol. The highest BCUT2D eigenvalue weighted by atomic mass is 15.3. The van der Waals surface area contributed by atoms with Crippen molar-refractivity contribution in [1.82, 2.24) is 15.4 Å². The first kappa shape index (κ1) is 11.1. The molecule has 1 saturated carbocycles. The lowest BCUT2D eigenvalue weighted by atomic mass is 9.97. The number of hydrogen-bond acceptors (Lipinski definition) is 3. The van der Waals surface area contributed by atoms with Crippen molar-refractivity contribution in [3.8, 4) is 0 Å². The SMILES string of the molecule is NC1CCCCC1.c1ccc2[nH]nnc2c1.